The normalized spacial score (nSPS) is 22.5. The summed E-state index contributed by atoms with van der Waals surface area (Å²) in [6.07, 6.45) is -5.37. The van der Waals surface area contributed by atoms with Gasteiger partial charge >= 0.3 is 12.2 Å². The molecule has 1 saturated heterocycles. The smallest absolute Gasteiger partial charge is 0.434 e. The van der Waals surface area contributed by atoms with Gasteiger partial charge in [0, 0.05) is 18.3 Å². The highest BCUT2D eigenvalue weighted by atomic mass is 19.4. The zero-order valence-electron chi connectivity index (χ0n) is 17.1. The lowest BCUT2D eigenvalue weighted by Gasteiger charge is -2.33. The summed E-state index contributed by atoms with van der Waals surface area (Å²) in [5, 5.41) is 15.2. The summed E-state index contributed by atoms with van der Waals surface area (Å²) in [4.78, 5) is 29.9. The van der Waals surface area contributed by atoms with Crippen LogP contribution < -0.4 is 15.4 Å². The van der Waals surface area contributed by atoms with E-state index in [4.69, 9.17) is 9.15 Å². The van der Waals surface area contributed by atoms with Crippen LogP contribution in [0.3, 0.4) is 0 Å². The van der Waals surface area contributed by atoms with E-state index in [0.717, 1.165) is 12.3 Å². The van der Waals surface area contributed by atoms with Gasteiger partial charge in [-0.3, -0.25) is 9.78 Å². The van der Waals surface area contributed by atoms with Gasteiger partial charge in [0.25, 0.3) is 5.91 Å². The van der Waals surface area contributed by atoms with Crippen LogP contribution in [0.4, 0.5) is 18.0 Å². The maximum absolute atomic E-state index is 13.4. The topological polar surface area (TPSA) is 117 Å². The minimum absolute atomic E-state index is 0.124. The Balaban J connectivity index is 1.57. The first-order valence-electron chi connectivity index (χ1n) is 9.81. The number of amides is 3. The number of aliphatic hydroxyl groups is 1. The minimum atomic E-state index is -4.74. The first-order valence-corrected chi connectivity index (χ1v) is 9.81. The summed E-state index contributed by atoms with van der Waals surface area (Å²) in [7, 11) is 1.47. The average Bonchev–Trinajstić information content (AvgIpc) is 3.41. The van der Waals surface area contributed by atoms with Gasteiger partial charge in [-0.05, 0) is 29.8 Å². The Bertz CT molecular complexity index is 1290. The van der Waals surface area contributed by atoms with Crippen molar-refractivity contribution in [3.63, 3.8) is 0 Å². The van der Waals surface area contributed by atoms with E-state index in [1.165, 1.54) is 18.1 Å². The number of fused-ring (bicyclic) bond motifs is 2. The molecule has 1 fully saturated rings. The Hall–Kier alpha value is -3.80. The molecule has 2 atom stereocenters. The Labute approximate surface area is 184 Å². The van der Waals surface area contributed by atoms with Crippen molar-refractivity contribution in [1.29, 1.82) is 0 Å². The van der Waals surface area contributed by atoms with Crippen molar-refractivity contribution in [2.45, 2.75) is 24.5 Å². The second kappa shape index (κ2) is 7.10. The van der Waals surface area contributed by atoms with E-state index in [0.29, 0.717) is 16.9 Å². The van der Waals surface area contributed by atoms with Crippen LogP contribution in [-0.2, 0) is 18.3 Å². The predicted molar refractivity (Wildman–Crippen MR) is 106 cm³/mol. The molecule has 0 aliphatic carbocycles. The average molecular weight is 462 g/mol. The fourth-order valence-corrected chi connectivity index (χ4v) is 4.26. The Morgan fingerprint density at radius 3 is 2.76 bits per heavy atom. The maximum atomic E-state index is 13.4. The molecule has 3 N–H and O–H groups in total. The van der Waals surface area contributed by atoms with Crippen molar-refractivity contribution in [1.82, 2.24) is 20.5 Å². The zero-order chi connectivity index (χ0) is 23.5. The lowest BCUT2D eigenvalue weighted by atomic mass is 9.94. The van der Waals surface area contributed by atoms with Crippen LogP contribution in [0.25, 0.3) is 11.0 Å². The van der Waals surface area contributed by atoms with E-state index >= 15 is 0 Å². The van der Waals surface area contributed by atoms with Crippen LogP contribution in [0, 0.1) is 0 Å². The van der Waals surface area contributed by atoms with E-state index < -0.39 is 29.7 Å². The summed E-state index contributed by atoms with van der Waals surface area (Å²) < 4.78 is 51.1. The highest BCUT2D eigenvalue weighted by molar-refractivity contribution is 5.99. The number of nitrogens with zero attached hydrogens (tertiary/aromatic N) is 2. The van der Waals surface area contributed by atoms with E-state index in [9.17, 15) is 27.9 Å². The molecule has 0 spiro atoms. The number of alkyl halides is 3. The molecule has 4 heterocycles. The summed E-state index contributed by atoms with van der Waals surface area (Å²) in [5.74, 6) is -0.0485. The van der Waals surface area contributed by atoms with Gasteiger partial charge in [-0.1, -0.05) is 6.07 Å². The molecule has 0 radical (unpaired) electrons. The number of carbonyl (C=O) groups is 2. The van der Waals surface area contributed by atoms with Crippen LogP contribution in [0.5, 0.6) is 5.75 Å². The number of methoxy groups -OCH3 is 1. The summed E-state index contributed by atoms with van der Waals surface area (Å²) in [6, 6.07) is 6.57. The molecule has 2 aromatic heterocycles. The van der Waals surface area contributed by atoms with Crippen LogP contribution in [0.15, 0.2) is 40.9 Å². The van der Waals surface area contributed by atoms with Crippen molar-refractivity contribution >= 4 is 22.9 Å². The zero-order valence-corrected chi connectivity index (χ0v) is 17.1. The number of carbonyl (C=O) groups excluding carboxylic acids is 2. The molecule has 1 aromatic carbocycles. The largest absolute Gasteiger partial charge is 0.497 e. The Morgan fingerprint density at radius 1 is 1.30 bits per heavy atom. The molecule has 2 aliphatic heterocycles. The SMILES string of the molecule is COc1ccc2c(c1)C(=O)N(C[C@@]1(c3cc4c(C(F)(F)F)nccc4o3)NC(=O)NC1O)C2. The number of rotatable bonds is 4. The van der Waals surface area contributed by atoms with Crippen LogP contribution in [-0.4, -0.2) is 46.8 Å². The lowest BCUT2D eigenvalue weighted by molar-refractivity contribution is -0.139. The van der Waals surface area contributed by atoms with Crippen molar-refractivity contribution in [2.75, 3.05) is 13.7 Å². The van der Waals surface area contributed by atoms with Gasteiger partial charge in [-0.25, -0.2) is 4.79 Å². The van der Waals surface area contributed by atoms with Crippen molar-refractivity contribution < 1.29 is 37.0 Å². The highest BCUT2D eigenvalue weighted by Crippen LogP contribution is 2.39. The molecule has 5 rings (SSSR count). The van der Waals surface area contributed by atoms with Crippen molar-refractivity contribution in [3.8, 4) is 5.75 Å². The molecule has 9 nitrogen and oxygen atoms in total. The molecular weight excluding hydrogens is 445 g/mol. The van der Waals surface area contributed by atoms with E-state index in [-0.39, 0.29) is 35.7 Å². The number of hydrogen-bond acceptors (Lipinski definition) is 6. The number of nitrogens with one attached hydrogen (secondary N) is 2. The Morgan fingerprint density at radius 2 is 2.09 bits per heavy atom. The minimum Gasteiger partial charge on any atom is -0.497 e. The standard InChI is InChI=1S/C21H17F3N4O5/c1-32-11-3-2-10-8-28(17(29)12(10)6-11)9-20(18(30)26-19(31)27-20)15-7-13-14(33-15)4-5-25-16(13)21(22,23)24/h2-7,18,30H,8-9H2,1H3,(H2,26,27,31)/t18?,20-/m0/s1. The lowest BCUT2D eigenvalue weighted by Crippen LogP contribution is -2.54. The molecule has 3 aromatic rings. The van der Waals surface area contributed by atoms with Gasteiger partial charge in [0.15, 0.2) is 17.5 Å². The monoisotopic (exact) mass is 462 g/mol. The van der Waals surface area contributed by atoms with Gasteiger partial charge in [0.1, 0.15) is 17.1 Å². The predicted octanol–water partition coefficient (Wildman–Crippen LogP) is 2.34. The molecule has 172 valence electrons. The third-order valence-electron chi connectivity index (χ3n) is 5.86. The second-order valence-corrected chi connectivity index (χ2v) is 7.84. The number of halogens is 3. The summed E-state index contributed by atoms with van der Waals surface area (Å²) in [5.41, 5.74) is -1.92. The fraction of sp³-hybridized carbons (Fsp3) is 0.286. The van der Waals surface area contributed by atoms with Crippen LogP contribution in [0.1, 0.15) is 27.4 Å². The third kappa shape index (κ3) is 3.25. The van der Waals surface area contributed by atoms with Gasteiger partial charge in [-0.2, -0.15) is 13.2 Å². The molecule has 0 saturated carbocycles. The second-order valence-electron chi connectivity index (χ2n) is 7.84. The molecule has 2 aliphatic rings. The Kier molecular flexibility index (Phi) is 4.53. The molecular formula is C21H17F3N4O5. The van der Waals surface area contributed by atoms with E-state index in [2.05, 4.69) is 15.6 Å². The maximum Gasteiger partial charge on any atom is 0.434 e. The molecule has 3 amide bonds. The molecule has 33 heavy (non-hydrogen) atoms. The number of pyridine rings is 1. The third-order valence-corrected chi connectivity index (χ3v) is 5.86. The van der Waals surface area contributed by atoms with Gasteiger partial charge < -0.3 is 29.8 Å². The van der Waals surface area contributed by atoms with Crippen molar-refractivity contribution in [3.05, 3.63) is 59.1 Å². The first kappa shape index (κ1) is 21.1. The number of hydrogen-bond donors (Lipinski definition) is 3. The number of furan rings is 1. The van der Waals surface area contributed by atoms with E-state index in [1.54, 1.807) is 18.2 Å². The number of urea groups is 1. The van der Waals surface area contributed by atoms with Crippen LogP contribution >= 0.6 is 0 Å². The molecule has 1 unspecified atom stereocenters. The number of ether oxygens (including phenoxy) is 1. The summed E-state index contributed by atoms with van der Waals surface area (Å²) in [6.45, 7) is -0.102. The summed E-state index contributed by atoms with van der Waals surface area (Å²) >= 11 is 0. The van der Waals surface area contributed by atoms with Gasteiger partial charge in [0.05, 0.1) is 19.0 Å². The van der Waals surface area contributed by atoms with Crippen molar-refractivity contribution in [2.24, 2.45) is 0 Å². The fourth-order valence-electron chi connectivity index (χ4n) is 4.26. The quantitative estimate of drug-likeness (QED) is 0.548. The molecule has 12 heteroatoms. The van der Waals surface area contributed by atoms with Crippen LogP contribution in [0.2, 0.25) is 0 Å². The van der Waals surface area contributed by atoms with E-state index in [1.807, 2.05) is 0 Å². The highest BCUT2D eigenvalue weighted by Gasteiger charge is 2.53. The number of aromatic nitrogens is 1. The molecule has 0 bridgehead atoms. The number of benzene rings is 1. The number of aliphatic hydroxyl groups excluding tert-OH is 1. The van der Waals surface area contributed by atoms with Gasteiger partial charge in [0.2, 0.25) is 0 Å². The van der Waals surface area contributed by atoms with Gasteiger partial charge in [-0.15, -0.1) is 0 Å². The first-order chi connectivity index (χ1) is 15.6.